The van der Waals surface area contributed by atoms with Gasteiger partial charge in [0.05, 0.1) is 5.02 Å². The lowest BCUT2D eigenvalue weighted by molar-refractivity contribution is 0.509. The van der Waals surface area contributed by atoms with Crippen molar-refractivity contribution in [1.82, 2.24) is 5.32 Å². The molecule has 0 bridgehead atoms. The van der Waals surface area contributed by atoms with Gasteiger partial charge in [0, 0.05) is 17.1 Å². The molecule has 0 unspecified atom stereocenters. The van der Waals surface area contributed by atoms with E-state index in [1.807, 2.05) is 6.07 Å². The van der Waals surface area contributed by atoms with Crippen molar-refractivity contribution in [2.24, 2.45) is 0 Å². The van der Waals surface area contributed by atoms with Crippen LogP contribution in [0.15, 0.2) is 30.3 Å². The minimum atomic E-state index is -0.956. The molecule has 0 fully saturated rings. The van der Waals surface area contributed by atoms with Gasteiger partial charge in [0.1, 0.15) is 0 Å². The molecule has 5 heteroatoms. The number of hydrogen-bond acceptors (Lipinski definition) is 1. The molecule has 0 heterocycles. The number of halogens is 4. The van der Waals surface area contributed by atoms with Crippen LogP contribution in [-0.2, 0) is 6.54 Å². The number of rotatable bonds is 5. The van der Waals surface area contributed by atoms with E-state index in [0.717, 1.165) is 30.7 Å². The van der Waals surface area contributed by atoms with Crippen LogP contribution in [0.1, 0.15) is 18.9 Å². The monoisotopic (exact) mass is 329 g/mol. The summed E-state index contributed by atoms with van der Waals surface area (Å²) in [6.07, 6.45) is 1.02. The van der Waals surface area contributed by atoms with Crippen LogP contribution >= 0.6 is 23.2 Å². The van der Waals surface area contributed by atoms with Gasteiger partial charge in [0.2, 0.25) is 0 Å². The predicted octanol–water partition coefficient (Wildman–Crippen LogP) is 5.44. The molecular weight excluding hydrogens is 315 g/mol. The Bertz CT molecular complexity index is 644. The van der Waals surface area contributed by atoms with Gasteiger partial charge in [0.15, 0.2) is 11.6 Å². The quantitative estimate of drug-likeness (QED) is 0.569. The molecule has 1 nitrogen and oxygen atoms in total. The van der Waals surface area contributed by atoms with E-state index in [-0.39, 0.29) is 5.02 Å². The largest absolute Gasteiger partial charge is 0.313 e. The minimum Gasteiger partial charge on any atom is -0.313 e. The van der Waals surface area contributed by atoms with Crippen LogP contribution in [0, 0.1) is 11.6 Å². The van der Waals surface area contributed by atoms with Crippen LogP contribution in [0.25, 0.3) is 11.1 Å². The van der Waals surface area contributed by atoms with Crippen molar-refractivity contribution in [2.75, 3.05) is 6.54 Å². The Balaban J connectivity index is 2.36. The predicted molar refractivity (Wildman–Crippen MR) is 83.8 cm³/mol. The van der Waals surface area contributed by atoms with E-state index in [2.05, 4.69) is 12.2 Å². The third-order valence-electron chi connectivity index (χ3n) is 3.11. The number of hydrogen-bond donors (Lipinski definition) is 1. The van der Waals surface area contributed by atoms with Gasteiger partial charge in [-0.3, -0.25) is 0 Å². The van der Waals surface area contributed by atoms with E-state index in [4.69, 9.17) is 23.2 Å². The third kappa shape index (κ3) is 3.94. The first-order chi connectivity index (χ1) is 10.0. The van der Waals surface area contributed by atoms with Crippen LogP contribution in [0.3, 0.4) is 0 Å². The lowest BCUT2D eigenvalue weighted by atomic mass is 10.0. The maximum Gasteiger partial charge on any atom is 0.160 e. The molecule has 1 N–H and O–H groups in total. The summed E-state index contributed by atoms with van der Waals surface area (Å²) in [7, 11) is 0. The van der Waals surface area contributed by atoms with Crippen molar-refractivity contribution in [3.8, 4) is 11.1 Å². The molecule has 2 rings (SSSR count). The summed E-state index contributed by atoms with van der Waals surface area (Å²) < 4.78 is 26.5. The van der Waals surface area contributed by atoms with Crippen molar-refractivity contribution in [3.05, 3.63) is 57.6 Å². The van der Waals surface area contributed by atoms with Crippen LogP contribution in [0.2, 0.25) is 10.0 Å². The molecule has 0 atom stereocenters. The highest BCUT2D eigenvalue weighted by Gasteiger charge is 2.11. The summed E-state index contributed by atoms with van der Waals surface area (Å²) in [4.78, 5) is 0. The van der Waals surface area contributed by atoms with E-state index in [0.29, 0.717) is 22.7 Å². The van der Waals surface area contributed by atoms with Gasteiger partial charge in [-0.05, 0) is 48.4 Å². The summed E-state index contributed by atoms with van der Waals surface area (Å²) in [5.74, 6) is -1.88. The smallest absolute Gasteiger partial charge is 0.160 e. The zero-order chi connectivity index (χ0) is 15.4. The molecule has 2 aromatic rings. The standard InChI is InChI=1S/C16H15Cl2F2N/c1-2-5-21-9-11-6-10(3-4-13(11)17)12-7-15(19)16(20)8-14(12)18/h3-4,6-8,21H,2,5,9H2,1H3. The zero-order valence-corrected chi connectivity index (χ0v) is 13.0. The Morgan fingerprint density at radius 1 is 1.00 bits per heavy atom. The van der Waals surface area contributed by atoms with Crippen molar-refractivity contribution >= 4 is 23.2 Å². The van der Waals surface area contributed by atoms with Gasteiger partial charge in [-0.15, -0.1) is 0 Å². The molecule has 2 aromatic carbocycles. The maximum absolute atomic E-state index is 13.4. The van der Waals surface area contributed by atoms with Gasteiger partial charge in [0.25, 0.3) is 0 Å². The average molecular weight is 330 g/mol. The number of benzene rings is 2. The van der Waals surface area contributed by atoms with Crippen LogP contribution in [0.4, 0.5) is 8.78 Å². The molecule has 112 valence electrons. The van der Waals surface area contributed by atoms with Crippen molar-refractivity contribution in [2.45, 2.75) is 19.9 Å². The highest BCUT2D eigenvalue weighted by molar-refractivity contribution is 6.33. The Hall–Kier alpha value is -1.16. The highest BCUT2D eigenvalue weighted by Crippen LogP contribution is 2.32. The Morgan fingerprint density at radius 2 is 1.71 bits per heavy atom. The maximum atomic E-state index is 13.4. The topological polar surface area (TPSA) is 12.0 Å². The van der Waals surface area contributed by atoms with E-state index in [9.17, 15) is 8.78 Å². The molecule has 0 saturated heterocycles. The molecule has 0 aromatic heterocycles. The summed E-state index contributed by atoms with van der Waals surface area (Å²) in [5, 5.41) is 4.05. The van der Waals surface area contributed by atoms with Gasteiger partial charge >= 0.3 is 0 Å². The third-order valence-corrected chi connectivity index (χ3v) is 3.79. The van der Waals surface area contributed by atoms with Gasteiger partial charge in [-0.1, -0.05) is 36.2 Å². The summed E-state index contributed by atoms with van der Waals surface area (Å²) in [6.45, 7) is 3.57. The van der Waals surface area contributed by atoms with Gasteiger partial charge < -0.3 is 5.32 Å². The molecule has 0 aliphatic heterocycles. The van der Waals surface area contributed by atoms with Crippen molar-refractivity contribution in [3.63, 3.8) is 0 Å². The first kappa shape index (κ1) is 16.2. The second kappa shape index (κ2) is 7.21. The van der Waals surface area contributed by atoms with E-state index in [1.165, 1.54) is 0 Å². The normalized spacial score (nSPS) is 10.9. The van der Waals surface area contributed by atoms with Crippen LogP contribution in [-0.4, -0.2) is 6.54 Å². The van der Waals surface area contributed by atoms with Gasteiger partial charge in [-0.25, -0.2) is 8.78 Å². The SMILES string of the molecule is CCCNCc1cc(-c2cc(F)c(F)cc2Cl)ccc1Cl. The van der Waals surface area contributed by atoms with E-state index < -0.39 is 11.6 Å². The lowest BCUT2D eigenvalue weighted by Crippen LogP contribution is -2.14. The molecule has 0 spiro atoms. The summed E-state index contributed by atoms with van der Waals surface area (Å²) in [6, 6.07) is 7.39. The molecule has 21 heavy (non-hydrogen) atoms. The summed E-state index contributed by atoms with van der Waals surface area (Å²) in [5.41, 5.74) is 2.05. The fourth-order valence-corrected chi connectivity index (χ4v) is 2.47. The molecule has 0 amide bonds. The summed E-state index contributed by atoms with van der Waals surface area (Å²) >= 11 is 12.2. The Labute approximate surface area is 132 Å². The average Bonchev–Trinajstić information content (AvgIpc) is 2.45. The fraction of sp³-hybridized carbons (Fsp3) is 0.250. The first-order valence-electron chi connectivity index (χ1n) is 6.67. The lowest BCUT2D eigenvalue weighted by Gasteiger charge is -2.10. The first-order valence-corrected chi connectivity index (χ1v) is 7.42. The van der Waals surface area contributed by atoms with Crippen molar-refractivity contribution in [1.29, 1.82) is 0 Å². The molecule has 0 aliphatic rings. The second-order valence-electron chi connectivity index (χ2n) is 4.73. The highest BCUT2D eigenvalue weighted by atomic mass is 35.5. The van der Waals surface area contributed by atoms with Gasteiger partial charge in [-0.2, -0.15) is 0 Å². The van der Waals surface area contributed by atoms with E-state index in [1.54, 1.807) is 12.1 Å². The Morgan fingerprint density at radius 3 is 2.43 bits per heavy atom. The molecular formula is C16H15Cl2F2N. The Kier molecular flexibility index (Phi) is 5.57. The minimum absolute atomic E-state index is 0.170. The second-order valence-corrected chi connectivity index (χ2v) is 5.54. The number of nitrogens with one attached hydrogen (secondary N) is 1. The van der Waals surface area contributed by atoms with Crippen molar-refractivity contribution < 1.29 is 8.78 Å². The fourth-order valence-electron chi connectivity index (χ4n) is 2.02. The van der Waals surface area contributed by atoms with Crippen LogP contribution < -0.4 is 5.32 Å². The van der Waals surface area contributed by atoms with E-state index >= 15 is 0 Å². The molecule has 0 radical (unpaired) electrons. The molecule has 0 saturated carbocycles. The molecule has 0 aliphatic carbocycles. The zero-order valence-electron chi connectivity index (χ0n) is 11.5. The van der Waals surface area contributed by atoms with Crippen LogP contribution in [0.5, 0.6) is 0 Å².